The van der Waals surface area contributed by atoms with Gasteiger partial charge >= 0.3 is 6.03 Å². The number of amides is 4. The Morgan fingerprint density at radius 3 is 2.58 bits per heavy atom. The number of fused-ring (bicyclic) bond motifs is 1. The number of anilines is 1. The first-order chi connectivity index (χ1) is 17.1. The number of rotatable bonds is 5. The molecule has 4 amide bonds. The molecule has 0 bridgehead atoms. The van der Waals surface area contributed by atoms with Crippen molar-refractivity contribution in [1.29, 1.82) is 0 Å². The van der Waals surface area contributed by atoms with Crippen molar-refractivity contribution < 1.29 is 19.5 Å². The average Bonchev–Trinajstić information content (AvgIpc) is 3.19. The van der Waals surface area contributed by atoms with E-state index in [2.05, 4.69) is 25.8 Å². The van der Waals surface area contributed by atoms with E-state index in [9.17, 15) is 19.5 Å². The van der Waals surface area contributed by atoms with Crippen LogP contribution >= 0.6 is 11.3 Å². The number of hydrogen-bond donors (Lipinski definition) is 4. The molecule has 10 nitrogen and oxygen atoms in total. The zero-order chi connectivity index (χ0) is 26.0. The van der Waals surface area contributed by atoms with Crippen LogP contribution in [0.2, 0.25) is 0 Å². The van der Waals surface area contributed by atoms with Crippen LogP contribution in [0.25, 0.3) is 10.2 Å². The molecule has 4 rings (SSSR count). The van der Waals surface area contributed by atoms with Gasteiger partial charge in [-0.05, 0) is 65.1 Å². The number of aromatic nitrogens is 1. The largest absolute Gasteiger partial charge is 0.379 e. The monoisotopic (exact) mass is 516 g/mol. The number of aryl methyl sites for hydroxylation is 1. The SMILES string of the molecule is CNC(=O)Nc1sc2nc(C)ccc2c1C(=O)N1CCC(N2CCCC(O)(C(=O)NC(C)C)C2)CC1. The first-order valence-corrected chi connectivity index (χ1v) is 13.4. The maximum atomic E-state index is 13.7. The summed E-state index contributed by atoms with van der Waals surface area (Å²) in [4.78, 5) is 47.6. The smallest absolute Gasteiger partial charge is 0.319 e. The molecule has 11 heteroatoms. The highest BCUT2D eigenvalue weighted by Gasteiger charge is 2.43. The number of aliphatic hydroxyl groups is 1. The molecule has 1 atom stereocenters. The van der Waals surface area contributed by atoms with Gasteiger partial charge in [-0.15, -0.1) is 0 Å². The summed E-state index contributed by atoms with van der Waals surface area (Å²) in [5.41, 5.74) is -0.0581. The number of likely N-dealkylation sites (tertiary alicyclic amines) is 2. The number of thiophene rings is 1. The lowest BCUT2D eigenvalue weighted by molar-refractivity contribution is -0.147. The minimum Gasteiger partial charge on any atom is -0.379 e. The summed E-state index contributed by atoms with van der Waals surface area (Å²) < 4.78 is 0. The Morgan fingerprint density at radius 2 is 1.92 bits per heavy atom. The van der Waals surface area contributed by atoms with Crippen molar-refractivity contribution in [2.24, 2.45) is 0 Å². The Balaban J connectivity index is 1.46. The van der Waals surface area contributed by atoms with Gasteiger partial charge in [0, 0.05) is 49.8 Å². The van der Waals surface area contributed by atoms with Gasteiger partial charge in [0.25, 0.3) is 11.8 Å². The summed E-state index contributed by atoms with van der Waals surface area (Å²) in [6, 6.07) is 3.54. The molecule has 196 valence electrons. The van der Waals surface area contributed by atoms with Crippen LogP contribution in [0.3, 0.4) is 0 Å². The first kappa shape index (κ1) is 26.3. The van der Waals surface area contributed by atoms with E-state index in [0.29, 0.717) is 41.5 Å². The molecule has 0 spiro atoms. The van der Waals surface area contributed by atoms with E-state index in [0.717, 1.165) is 36.9 Å². The summed E-state index contributed by atoms with van der Waals surface area (Å²) in [5, 5.41) is 20.4. The first-order valence-electron chi connectivity index (χ1n) is 12.6. The van der Waals surface area contributed by atoms with Gasteiger partial charge < -0.3 is 20.6 Å². The zero-order valence-corrected chi connectivity index (χ0v) is 22.2. The molecular formula is C25H36N6O4S. The van der Waals surface area contributed by atoms with E-state index < -0.39 is 5.60 Å². The van der Waals surface area contributed by atoms with Gasteiger partial charge in [0.2, 0.25) is 0 Å². The molecule has 1 unspecified atom stereocenters. The van der Waals surface area contributed by atoms with Crippen molar-refractivity contribution in [2.45, 2.75) is 64.1 Å². The standard InChI is InChI=1S/C25H36N6O4S/c1-15(2)27-23(33)25(35)10-5-11-31(14-25)17-8-12-30(13-9-17)22(32)19-18-7-6-16(3)28-20(18)36-21(19)29-24(34)26-4/h6-7,15,17,35H,5,8-14H2,1-4H3,(H,27,33)(H2,26,29,34). The van der Waals surface area contributed by atoms with Crippen molar-refractivity contribution in [3.8, 4) is 0 Å². The van der Waals surface area contributed by atoms with E-state index in [1.165, 1.54) is 18.4 Å². The lowest BCUT2D eigenvalue weighted by Crippen LogP contribution is -2.60. The maximum absolute atomic E-state index is 13.7. The van der Waals surface area contributed by atoms with Crippen LogP contribution in [-0.2, 0) is 4.79 Å². The third-order valence-corrected chi connectivity index (χ3v) is 7.99. The summed E-state index contributed by atoms with van der Waals surface area (Å²) in [6.07, 6.45) is 2.72. The number of carbonyl (C=O) groups excluding carboxylic acids is 3. The molecule has 2 aliphatic rings. The highest BCUT2D eigenvalue weighted by molar-refractivity contribution is 7.23. The van der Waals surface area contributed by atoms with Crippen LogP contribution in [0.1, 0.15) is 55.6 Å². The third-order valence-electron chi connectivity index (χ3n) is 6.97. The second-order valence-electron chi connectivity index (χ2n) is 10.1. The summed E-state index contributed by atoms with van der Waals surface area (Å²) in [6.45, 7) is 7.93. The lowest BCUT2D eigenvalue weighted by atomic mass is 9.89. The van der Waals surface area contributed by atoms with Crippen molar-refractivity contribution in [3.63, 3.8) is 0 Å². The molecule has 0 aliphatic carbocycles. The third kappa shape index (κ3) is 5.47. The predicted octanol–water partition coefficient (Wildman–Crippen LogP) is 2.31. The van der Waals surface area contributed by atoms with Crippen LogP contribution in [0.4, 0.5) is 9.80 Å². The molecule has 0 aromatic carbocycles. The number of nitrogens with zero attached hydrogens (tertiary/aromatic N) is 3. The fraction of sp³-hybridized carbons (Fsp3) is 0.600. The van der Waals surface area contributed by atoms with E-state index in [1.807, 2.05) is 37.8 Å². The quantitative estimate of drug-likeness (QED) is 0.483. The Kier molecular flexibility index (Phi) is 7.82. The van der Waals surface area contributed by atoms with Crippen molar-refractivity contribution >= 4 is 44.4 Å². The number of pyridine rings is 1. The number of urea groups is 1. The molecule has 2 aromatic heterocycles. The van der Waals surface area contributed by atoms with Crippen LogP contribution in [0, 0.1) is 6.92 Å². The van der Waals surface area contributed by atoms with Crippen molar-refractivity contribution in [3.05, 3.63) is 23.4 Å². The Hall–Kier alpha value is -2.76. The molecule has 2 fully saturated rings. The van der Waals surface area contributed by atoms with Gasteiger partial charge in [0.05, 0.1) is 5.56 Å². The fourth-order valence-corrected chi connectivity index (χ4v) is 6.20. The molecule has 0 radical (unpaired) electrons. The predicted molar refractivity (Wildman–Crippen MR) is 140 cm³/mol. The Morgan fingerprint density at radius 1 is 1.19 bits per heavy atom. The Bertz CT molecular complexity index is 1140. The van der Waals surface area contributed by atoms with E-state index in [1.54, 1.807) is 0 Å². The second kappa shape index (κ2) is 10.7. The molecule has 36 heavy (non-hydrogen) atoms. The summed E-state index contributed by atoms with van der Waals surface area (Å²) in [5.74, 6) is -0.428. The molecule has 2 aromatic rings. The van der Waals surface area contributed by atoms with E-state index in [4.69, 9.17) is 0 Å². The fourth-order valence-electron chi connectivity index (χ4n) is 5.09. The molecule has 2 aliphatic heterocycles. The number of nitrogens with one attached hydrogen (secondary N) is 3. The summed E-state index contributed by atoms with van der Waals surface area (Å²) in [7, 11) is 1.53. The molecule has 4 N–H and O–H groups in total. The van der Waals surface area contributed by atoms with Gasteiger partial charge in [-0.1, -0.05) is 11.3 Å². The van der Waals surface area contributed by atoms with Crippen LogP contribution < -0.4 is 16.0 Å². The van der Waals surface area contributed by atoms with Crippen molar-refractivity contribution in [2.75, 3.05) is 38.5 Å². The lowest BCUT2D eigenvalue weighted by Gasteiger charge is -2.44. The number of carbonyl (C=O) groups is 3. The second-order valence-corrected chi connectivity index (χ2v) is 11.1. The maximum Gasteiger partial charge on any atom is 0.319 e. The van der Waals surface area contributed by atoms with Gasteiger partial charge in [0.1, 0.15) is 9.83 Å². The van der Waals surface area contributed by atoms with E-state index in [-0.39, 0.29) is 29.9 Å². The minimum atomic E-state index is -1.38. The minimum absolute atomic E-state index is 0.0266. The van der Waals surface area contributed by atoms with Gasteiger partial charge in [-0.2, -0.15) is 0 Å². The topological polar surface area (TPSA) is 127 Å². The van der Waals surface area contributed by atoms with E-state index >= 15 is 0 Å². The molecular weight excluding hydrogens is 480 g/mol. The van der Waals surface area contributed by atoms with Gasteiger partial charge in [-0.25, -0.2) is 9.78 Å². The Labute approximate surface area is 215 Å². The number of hydrogen-bond acceptors (Lipinski definition) is 7. The van der Waals surface area contributed by atoms with Gasteiger partial charge in [0.15, 0.2) is 5.60 Å². The molecule has 0 saturated carbocycles. The molecule has 2 saturated heterocycles. The normalized spacial score (nSPS) is 21.6. The highest BCUT2D eigenvalue weighted by Crippen LogP contribution is 2.36. The summed E-state index contributed by atoms with van der Waals surface area (Å²) >= 11 is 1.30. The molecule has 4 heterocycles. The zero-order valence-electron chi connectivity index (χ0n) is 21.4. The number of piperidine rings is 2. The van der Waals surface area contributed by atoms with Crippen LogP contribution in [0.5, 0.6) is 0 Å². The number of β-amino-alcohol motifs (C(OH)–C–C–N with tert-alkyl or cyclic N) is 1. The van der Waals surface area contributed by atoms with Crippen LogP contribution in [-0.4, -0.2) is 88.6 Å². The average molecular weight is 517 g/mol. The van der Waals surface area contributed by atoms with Gasteiger partial charge in [-0.3, -0.25) is 19.8 Å². The highest BCUT2D eigenvalue weighted by atomic mass is 32.1. The van der Waals surface area contributed by atoms with Crippen molar-refractivity contribution in [1.82, 2.24) is 25.4 Å². The van der Waals surface area contributed by atoms with Crippen LogP contribution in [0.15, 0.2) is 12.1 Å².